The van der Waals surface area contributed by atoms with E-state index in [4.69, 9.17) is 0 Å². The van der Waals surface area contributed by atoms with Crippen molar-refractivity contribution in [2.45, 2.75) is 6.92 Å². The molecule has 0 aliphatic carbocycles. The number of halogens is 4. The topological polar surface area (TPSA) is 51.1 Å². The average Bonchev–Trinajstić information content (AvgIpc) is 3.14. The molecule has 0 amide bonds. The van der Waals surface area contributed by atoms with Gasteiger partial charge in [0.05, 0.1) is 15.1 Å². The van der Waals surface area contributed by atoms with E-state index in [1.807, 2.05) is 0 Å². The van der Waals surface area contributed by atoms with E-state index in [1.165, 1.54) is 12.1 Å². The molecule has 1 aromatic heterocycles. The lowest BCUT2D eigenvalue weighted by Crippen LogP contribution is -2.50. The molecule has 0 radical (unpaired) electrons. The molecule has 0 saturated carbocycles. The van der Waals surface area contributed by atoms with Gasteiger partial charge < -0.3 is 17.6 Å². The highest BCUT2D eigenvalue weighted by Gasteiger charge is 2.54. The number of nitro benzene ring substituents is 1. The summed E-state index contributed by atoms with van der Waals surface area (Å²) in [5, 5.41) is 11.2. The van der Waals surface area contributed by atoms with Gasteiger partial charge in [0.25, 0.3) is 5.69 Å². The average molecular weight is 485 g/mol. The van der Waals surface area contributed by atoms with Crippen LogP contribution in [0.15, 0.2) is 52.8 Å². The minimum Gasteiger partial charge on any atom is -0.389 e. The van der Waals surface area contributed by atoms with E-state index >= 15 is 8.63 Å². The molecule has 0 spiro atoms. The number of nitrogens with zero attached hydrogens (tertiary/aromatic N) is 3. The summed E-state index contributed by atoms with van der Waals surface area (Å²) >= 11 is 6.39. The van der Waals surface area contributed by atoms with Gasteiger partial charge >= 0.3 is 6.97 Å². The molecule has 0 bridgehead atoms. The normalized spacial score (nSPS) is 17.6. The molecule has 0 fully saturated rings. The van der Waals surface area contributed by atoms with Crippen LogP contribution >= 0.6 is 31.9 Å². The highest BCUT2D eigenvalue weighted by Crippen LogP contribution is 2.43. The molecule has 2 aliphatic heterocycles. The van der Waals surface area contributed by atoms with Crippen LogP contribution < -0.4 is 0 Å². The Morgan fingerprint density at radius 2 is 1.92 bits per heavy atom. The fourth-order valence-electron chi connectivity index (χ4n) is 3.40. The molecular weight excluding hydrogens is 475 g/mol. The molecule has 0 unspecified atom stereocenters. The van der Waals surface area contributed by atoms with Crippen LogP contribution in [0.4, 0.5) is 14.3 Å². The van der Waals surface area contributed by atoms with Crippen LogP contribution in [0.5, 0.6) is 0 Å². The third kappa shape index (κ3) is 2.28. The summed E-state index contributed by atoms with van der Waals surface area (Å²) < 4.78 is 32.7. The quantitative estimate of drug-likeness (QED) is 0.348. The third-order valence-corrected chi connectivity index (χ3v) is 5.86. The van der Waals surface area contributed by atoms with Crippen molar-refractivity contribution < 1.29 is 18.0 Å². The Balaban J connectivity index is 2.11. The van der Waals surface area contributed by atoms with Crippen LogP contribution in [0.1, 0.15) is 16.8 Å². The van der Waals surface area contributed by atoms with Crippen LogP contribution in [-0.2, 0) is 0 Å². The molecule has 3 heterocycles. The van der Waals surface area contributed by atoms with E-state index in [1.54, 1.807) is 37.3 Å². The number of aromatic nitrogens is 1. The molecule has 4 rings (SSSR count). The van der Waals surface area contributed by atoms with Crippen LogP contribution in [0.25, 0.3) is 5.57 Å². The molecule has 5 nitrogen and oxygen atoms in total. The van der Waals surface area contributed by atoms with Gasteiger partial charge in [0.2, 0.25) is 4.62 Å². The third-order valence-electron chi connectivity index (χ3n) is 4.57. The largest absolute Gasteiger partial charge is 0.738 e. The number of benzene rings is 1. The Labute approximate surface area is 163 Å². The molecule has 10 heteroatoms. The summed E-state index contributed by atoms with van der Waals surface area (Å²) in [5.41, 5.74) is 2.36. The second-order valence-electron chi connectivity index (χ2n) is 6.04. The van der Waals surface area contributed by atoms with Crippen molar-refractivity contribution in [3.63, 3.8) is 0 Å². The molecule has 0 saturated heterocycles. The predicted molar refractivity (Wildman–Crippen MR) is 103 cm³/mol. The van der Waals surface area contributed by atoms with Crippen LogP contribution in [0.2, 0.25) is 0 Å². The standard InChI is InChI=1S/C16H10BBr2F2N3O2/c1-9-2-3-10(24(25)26)8-11(9)16-12-4-6-14(18)22(12)17(20,21)23-13(16)5-7-15(23)19/h2-8H,1H3. The molecule has 2 aromatic rings. The highest BCUT2D eigenvalue weighted by molar-refractivity contribution is 9.18. The lowest BCUT2D eigenvalue weighted by molar-refractivity contribution is -0.384. The SMILES string of the molecule is Cc1ccc([N+](=O)[O-])cc1C1=C2C=CC(Br)=[N+]2[B-](F)(F)n2c(Br)ccc21. The lowest BCUT2D eigenvalue weighted by Gasteiger charge is -2.32. The number of aryl methyl sites for hydroxylation is 1. The maximum absolute atomic E-state index is 15.2. The first-order valence-electron chi connectivity index (χ1n) is 7.62. The number of rotatable bonds is 2. The number of hydrogen-bond donors (Lipinski definition) is 0. The van der Waals surface area contributed by atoms with E-state index < -0.39 is 11.9 Å². The molecule has 26 heavy (non-hydrogen) atoms. The van der Waals surface area contributed by atoms with Crippen molar-refractivity contribution in [3.8, 4) is 0 Å². The molecule has 132 valence electrons. The van der Waals surface area contributed by atoms with Gasteiger partial charge in [0.15, 0.2) is 5.70 Å². The van der Waals surface area contributed by atoms with Crippen molar-refractivity contribution >= 4 is 54.7 Å². The number of hydrogen-bond acceptors (Lipinski definition) is 2. The van der Waals surface area contributed by atoms with Gasteiger partial charge in [-0.05, 0) is 46.1 Å². The van der Waals surface area contributed by atoms with Crippen molar-refractivity contribution in [1.29, 1.82) is 0 Å². The van der Waals surface area contributed by atoms with Crippen LogP contribution in [0, 0.1) is 17.0 Å². The van der Waals surface area contributed by atoms with Gasteiger partial charge in [-0.2, -0.15) is 0 Å². The van der Waals surface area contributed by atoms with E-state index in [-0.39, 0.29) is 14.9 Å². The summed E-state index contributed by atoms with van der Waals surface area (Å²) in [6.07, 6.45) is 3.15. The Hall–Kier alpha value is -2.07. The number of non-ortho nitro benzene ring substituents is 1. The predicted octanol–water partition coefficient (Wildman–Crippen LogP) is 4.84. The molecular formula is C16H10BBr2F2N3O2. The first kappa shape index (κ1) is 17.4. The van der Waals surface area contributed by atoms with E-state index in [9.17, 15) is 10.1 Å². The first-order chi connectivity index (χ1) is 12.2. The van der Waals surface area contributed by atoms with Gasteiger partial charge in [-0.25, -0.2) is 0 Å². The van der Waals surface area contributed by atoms with Gasteiger partial charge in [-0.1, -0.05) is 6.07 Å². The number of fused-ring (bicyclic) bond motifs is 2. The van der Waals surface area contributed by atoms with Crippen molar-refractivity contribution in [3.05, 3.63) is 79.7 Å². The van der Waals surface area contributed by atoms with E-state index in [0.717, 1.165) is 14.5 Å². The Morgan fingerprint density at radius 3 is 2.62 bits per heavy atom. The number of nitro groups is 1. The zero-order valence-electron chi connectivity index (χ0n) is 13.3. The Kier molecular flexibility index (Phi) is 3.82. The van der Waals surface area contributed by atoms with E-state index in [2.05, 4.69) is 31.9 Å². The Morgan fingerprint density at radius 1 is 1.19 bits per heavy atom. The van der Waals surface area contributed by atoms with Gasteiger partial charge in [0, 0.05) is 45.9 Å². The summed E-state index contributed by atoms with van der Waals surface area (Å²) in [4.78, 5) is 10.7. The highest BCUT2D eigenvalue weighted by atomic mass is 79.9. The summed E-state index contributed by atoms with van der Waals surface area (Å²) in [7, 11) is 0. The van der Waals surface area contributed by atoms with Crippen molar-refractivity contribution in [2.75, 3.05) is 0 Å². The molecule has 0 N–H and O–H groups in total. The Bertz CT molecular complexity index is 1090. The van der Waals surface area contributed by atoms with Gasteiger partial charge in [0.1, 0.15) is 0 Å². The van der Waals surface area contributed by atoms with Crippen molar-refractivity contribution in [1.82, 2.24) is 4.48 Å². The second-order valence-corrected chi connectivity index (χ2v) is 7.67. The molecule has 2 aliphatic rings. The monoisotopic (exact) mass is 483 g/mol. The zero-order chi connectivity index (χ0) is 18.8. The van der Waals surface area contributed by atoms with E-state index in [0.29, 0.717) is 22.5 Å². The minimum absolute atomic E-state index is 0.0877. The zero-order valence-corrected chi connectivity index (χ0v) is 16.5. The number of allylic oxidation sites excluding steroid dienone is 2. The van der Waals surface area contributed by atoms with Gasteiger partial charge in [-0.15, -0.1) is 0 Å². The summed E-state index contributed by atoms with van der Waals surface area (Å²) in [5.74, 6) is 0. The maximum atomic E-state index is 15.2. The second kappa shape index (κ2) is 5.72. The maximum Gasteiger partial charge on any atom is 0.738 e. The smallest absolute Gasteiger partial charge is 0.389 e. The summed E-state index contributed by atoms with van der Waals surface area (Å²) in [6, 6.07) is 7.61. The molecule has 0 atom stereocenters. The lowest BCUT2D eigenvalue weighted by atomic mass is 9.85. The fraction of sp³-hybridized carbons (Fsp3) is 0.0625. The van der Waals surface area contributed by atoms with Crippen LogP contribution in [-0.4, -0.2) is 25.5 Å². The fourth-order valence-corrected chi connectivity index (χ4v) is 4.54. The van der Waals surface area contributed by atoms with Crippen molar-refractivity contribution in [2.24, 2.45) is 0 Å². The molecule has 1 aromatic carbocycles. The summed E-state index contributed by atoms with van der Waals surface area (Å²) in [6.45, 7) is -2.31. The minimum atomic E-state index is -4.11. The van der Waals surface area contributed by atoms with Gasteiger partial charge in [-0.3, -0.25) is 10.1 Å². The first-order valence-corrected chi connectivity index (χ1v) is 9.21. The van der Waals surface area contributed by atoms with Crippen LogP contribution in [0.3, 0.4) is 0 Å².